The van der Waals surface area contributed by atoms with Crippen LogP contribution in [0.4, 0.5) is 0 Å². The summed E-state index contributed by atoms with van der Waals surface area (Å²) in [6.07, 6.45) is 4.81. The van der Waals surface area contributed by atoms with Crippen LogP contribution in [0.5, 0.6) is 0 Å². The van der Waals surface area contributed by atoms with Gasteiger partial charge in [-0.15, -0.1) is 0 Å². The minimum Gasteiger partial charge on any atom is -0.469 e. The van der Waals surface area contributed by atoms with Gasteiger partial charge in [0.05, 0.1) is 18.3 Å². The van der Waals surface area contributed by atoms with Crippen molar-refractivity contribution in [1.29, 1.82) is 0 Å². The van der Waals surface area contributed by atoms with Gasteiger partial charge in [0, 0.05) is 30.0 Å². The molecular formula is C13H18N2O2S. The highest BCUT2D eigenvalue weighted by Gasteiger charge is 2.27. The van der Waals surface area contributed by atoms with Crippen molar-refractivity contribution in [1.82, 2.24) is 10.6 Å². The predicted molar refractivity (Wildman–Crippen MR) is 71.6 cm³/mol. The molecule has 2 unspecified atom stereocenters. The molecule has 5 heteroatoms. The summed E-state index contributed by atoms with van der Waals surface area (Å²) in [4.78, 5) is 12.2. The molecule has 1 aromatic rings. The van der Waals surface area contributed by atoms with E-state index >= 15 is 0 Å². The van der Waals surface area contributed by atoms with Gasteiger partial charge in [-0.3, -0.25) is 4.79 Å². The number of aryl methyl sites for hydroxylation is 1. The van der Waals surface area contributed by atoms with E-state index in [2.05, 4.69) is 10.6 Å². The molecule has 2 N–H and O–H groups in total. The van der Waals surface area contributed by atoms with Crippen LogP contribution in [0.1, 0.15) is 30.2 Å². The van der Waals surface area contributed by atoms with Crippen LogP contribution in [0, 0.1) is 0 Å². The Balaban J connectivity index is 1.65. The first-order valence-electron chi connectivity index (χ1n) is 6.52. The summed E-state index contributed by atoms with van der Waals surface area (Å²) in [5, 5.41) is 6.43. The van der Waals surface area contributed by atoms with Crippen LogP contribution in [0.25, 0.3) is 0 Å². The van der Waals surface area contributed by atoms with Crippen molar-refractivity contribution in [3.8, 4) is 0 Å². The molecule has 98 valence electrons. The minimum absolute atomic E-state index is 0.0407. The Labute approximate surface area is 111 Å². The van der Waals surface area contributed by atoms with Crippen LogP contribution >= 0.6 is 11.8 Å². The fourth-order valence-corrected chi connectivity index (χ4v) is 3.58. The summed E-state index contributed by atoms with van der Waals surface area (Å²) in [5.74, 6) is 3.13. The van der Waals surface area contributed by atoms with Crippen LogP contribution in [0.3, 0.4) is 0 Å². The maximum Gasteiger partial charge on any atom is 0.238 e. The van der Waals surface area contributed by atoms with Crippen molar-refractivity contribution in [2.45, 2.75) is 31.3 Å². The summed E-state index contributed by atoms with van der Waals surface area (Å²) in [6.45, 7) is 0.921. The smallest absolute Gasteiger partial charge is 0.238 e. The lowest BCUT2D eigenvalue weighted by Crippen LogP contribution is -2.49. The Kier molecular flexibility index (Phi) is 3.61. The number of rotatable bonds is 2. The number of hydrogen-bond donors (Lipinski definition) is 2. The number of amides is 1. The molecule has 0 spiro atoms. The van der Waals surface area contributed by atoms with Crippen LogP contribution in [0.15, 0.2) is 16.7 Å². The second-order valence-electron chi connectivity index (χ2n) is 4.83. The largest absolute Gasteiger partial charge is 0.469 e. The first kappa shape index (κ1) is 12.1. The number of furan rings is 1. The molecule has 0 saturated carbocycles. The highest BCUT2D eigenvalue weighted by Crippen LogP contribution is 2.30. The van der Waals surface area contributed by atoms with Crippen molar-refractivity contribution >= 4 is 17.7 Å². The van der Waals surface area contributed by atoms with Gasteiger partial charge >= 0.3 is 0 Å². The van der Waals surface area contributed by atoms with Crippen LogP contribution in [0.2, 0.25) is 0 Å². The Morgan fingerprint density at radius 2 is 2.50 bits per heavy atom. The lowest BCUT2D eigenvalue weighted by atomic mass is 9.93. The lowest BCUT2D eigenvalue weighted by Gasteiger charge is -2.27. The quantitative estimate of drug-likeness (QED) is 0.851. The number of carbonyl (C=O) groups excluding carboxylic acids is 1. The molecule has 1 amide bonds. The normalized spacial score (nSPS) is 27.6. The molecule has 2 heterocycles. The Morgan fingerprint density at radius 1 is 1.56 bits per heavy atom. The monoisotopic (exact) mass is 266 g/mol. The van der Waals surface area contributed by atoms with Crippen molar-refractivity contribution in [2.75, 3.05) is 18.1 Å². The van der Waals surface area contributed by atoms with Crippen LogP contribution in [-0.4, -0.2) is 30.0 Å². The van der Waals surface area contributed by atoms with Gasteiger partial charge in [0.2, 0.25) is 5.91 Å². The van der Waals surface area contributed by atoms with Gasteiger partial charge in [-0.25, -0.2) is 0 Å². The average Bonchev–Trinajstić information content (AvgIpc) is 2.89. The predicted octanol–water partition coefficient (Wildman–Crippen LogP) is 1.48. The van der Waals surface area contributed by atoms with E-state index in [1.165, 1.54) is 0 Å². The molecule has 2 atom stereocenters. The fraction of sp³-hybridized carbons (Fsp3) is 0.615. The second kappa shape index (κ2) is 5.36. The molecule has 3 rings (SSSR count). The Morgan fingerprint density at radius 3 is 3.33 bits per heavy atom. The first-order chi connectivity index (χ1) is 8.84. The zero-order chi connectivity index (χ0) is 12.4. The highest BCUT2D eigenvalue weighted by molar-refractivity contribution is 7.99. The zero-order valence-electron chi connectivity index (χ0n) is 10.3. The summed E-state index contributed by atoms with van der Waals surface area (Å²) in [5.41, 5.74) is 1.16. The summed E-state index contributed by atoms with van der Waals surface area (Å²) >= 11 is 1.84. The molecule has 1 aliphatic carbocycles. The van der Waals surface area contributed by atoms with Crippen molar-refractivity contribution in [2.24, 2.45) is 0 Å². The fourth-order valence-electron chi connectivity index (χ4n) is 2.64. The SMILES string of the molecule is O=C(NC1CCCc2occc21)C1CSCCN1. The van der Waals surface area contributed by atoms with E-state index in [1.807, 2.05) is 17.8 Å². The van der Waals surface area contributed by atoms with Crippen LogP contribution in [-0.2, 0) is 11.2 Å². The van der Waals surface area contributed by atoms with E-state index in [4.69, 9.17) is 4.42 Å². The van der Waals surface area contributed by atoms with Gasteiger partial charge in [-0.1, -0.05) is 0 Å². The standard InChI is InChI=1S/C13H18N2O2S/c16-13(11-8-18-7-5-14-11)15-10-2-1-3-12-9(10)4-6-17-12/h4,6,10-11,14H,1-3,5,7-8H2,(H,15,16). The third kappa shape index (κ3) is 2.42. The number of hydrogen-bond acceptors (Lipinski definition) is 4. The topological polar surface area (TPSA) is 54.3 Å². The Hall–Kier alpha value is -0.940. The van der Waals surface area contributed by atoms with E-state index < -0.39 is 0 Å². The molecule has 18 heavy (non-hydrogen) atoms. The van der Waals surface area contributed by atoms with Gasteiger partial charge in [0.1, 0.15) is 5.76 Å². The number of carbonyl (C=O) groups is 1. The van der Waals surface area contributed by atoms with Gasteiger partial charge in [0.15, 0.2) is 0 Å². The first-order valence-corrected chi connectivity index (χ1v) is 7.68. The molecule has 0 bridgehead atoms. The van der Waals surface area contributed by atoms with Gasteiger partial charge in [0.25, 0.3) is 0 Å². The molecule has 2 aliphatic rings. The highest BCUT2D eigenvalue weighted by atomic mass is 32.2. The van der Waals surface area contributed by atoms with Gasteiger partial charge < -0.3 is 15.1 Å². The molecule has 1 fully saturated rings. The molecular weight excluding hydrogens is 248 g/mol. The third-order valence-electron chi connectivity index (χ3n) is 3.61. The summed E-state index contributed by atoms with van der Waals surface area (Å²) < 4.78 is 5.44. The lowest BCUT2D eigenvalue weighted by molar-refractivity contribution is -0.123. The van der Waals surface area contributed by atoms with Gasteiger partial charge in [-0.05, 0) is 18.9 Å². The molecule has 1 aromatic heterocycles. The van der Waals surface area contributed by atoms with Crippen molar-refractivity contribution < 1.29 is 9.21 Å². The third-order valence-corrected chi connectivity index (χ3v) is 4.67. The van der Waals surface area contributed by atoms with E-state index in [9.17, 15) is 4.79 Å². The van der Waals surface area contributed by atoms with E-state index in [1.54, 1.807) is 6.26 Å². The summed E-state index contributed by atoms with van der Waals surface area (Å²) in [6, 6.07) is 2.08. The Bertz CT molecular complexity index is 426. The number of fused-ring (bicyclic) bond motifs is 1. The van der Waals surface area contributed by atoms with Crippen molar-refractivity contribution in [3.63, 3.8) is 0 Å². The molecule has 0 radical (unpaired) electrons. The van der Waals surface area contributed by atoms with E-state index in [-0.39, 0.29) is 18.0 Å². The zero-order valence-corrected chi connectivity index (χ0v) is 11.1. The second-order valence-corrected chi connectivity index (χ2v) is 5.98. The molecule has 0 aromatic carbocycles. The molecule has 1 saturated heterocycles. The van der Waals surface area contributed by atoms with E-state index in [0.29, 0.717) is 0 Å². The average molecular weight is 266 g/mol. The minimum atomic E-state index is -0.0407. The number of nitrogens with one attached hydrogen (secondary N) is 2. The van der Waals surface area contributed by atoms with E-state index in [0.717, 1.165) is 48.6 Å². The molecule has 4 nitrogen and oxygen atoms in total. The molecule has 1 aliphatic heterocycles. The summed E-state index contributed by atoms with van der Waals surface area (Å²) in [7, 11) is 0. The maximum atomic E-state index is 12.2. The van der Waals surface area contributed by atoms with Crippen LogP contribution < -0.4 is 10.6 Å². The maximum absolute atomic E-state index is 12.2. The van der Waals surface area contributed by atoms with Gasteiger partial charge in [-0.2, -0.15) is 11.8 Å². The number of thioether (sulfide) groups is 1. The van der Waals surface area contributed by atoms with Crippen molar-refractivity contribution in [3.05, 3.63) is 23.7 Å².